The van der Waals surface area contributed by atoms with Crippen molar-refractivity contribution in [3.8, 4) is 0 Å². The number of carbonyl (C=O) groups is 1. The fourth-order valence-electron chi connectivity index (χ4n) is 1.69. The number of anilines is 1. The van der Waals surface area contributed by atoms with Crippen LogP contribution in [0.1, 0.15) is 36.5 Å². The Hall–Kier alpha value is -1.62. The highest BCUT2D eigenvalue weighted by Gasteiger charge is 2.15. The van der Waals surface area contributed by atoms with E-state index in [1.807, 2.05) is 0 Å². The molecule has 1 aromatic rings. The summed E-state index contributed by atoms with van der Waals surface area (Å²) in [6.07, 6.45) is 4.81. The zero-order valence-electron chi connectivity index (χ0n) is 11.0. The van der Waals surface area contributed by atoms with Gasteiger partial charge in [-0.2, -0.15) is 0 Å². The molecule has 0 saturated carbocycles. The molecule has 5 nitrogen and oxygen atoms in total. The standard InChI is InChI=1S/C13H21N3O2/c1-3-4-6-10(9-14)16-12-11(13(17)18-2)7-5-8-15-12/h5,7-8,10H,3-4,6,9,14H2,1-2H3,(H,15,16). The summed E-state index contributed by atoms with van der Waals surface area (Å²) < 4.78 is 4.72. The molecule has 1 aromatic heterocycles. The summed E-state index contributed by atoms with van der Waals surface area (Å²) in [5, 5.41) is 3.21. The van der Waals surface area contributed by atoms with Gasteiger partial charge in [0.15, 0.2) is 0 Å². The minimum Gasteiger partial charge on any atom is -0.465 e. The molecule has 1 unspecified atom stereocenters. The van der Waals surface area contributed by atoms with Crippen LogP contribution in [0.15, 0.2) is 18.3 Å². The molecule has 0 saturated heterocycles. The lowest BCUT2D eigenvalue weighted by Crippen LogP contribution is -2.30. The highest BCUT2D eigenvalue weighted by atomic mass is 16.5. The second kappa shape index (κ2) is 7.66. The quantitative estimate of drug-likeness (QED) is 0.722. The van der Waals surface area contributed by atoms with E-state index in [0.29, 0.717) is 17.9 Å². The molecule has 0 aliphatic rings. The Balaban J connectivity index is 2.78. The summed E-state index contributed by atoms with van der Waals surface area (Å²) in [6.45, 7) is 2.64. The summed E-state index contributed by atoms with van der Waals surface area (Å²) in [5.41, 5.74) is 6.15. The van der Waals surface area contributed by atoms with Crippen molar-refractivity contribution in [3.05, 3.63) is 23.9 Å². The number of carbonyl (C=O) groups excluding carboxylic acids is 1. The van der Waals surface area contributed by atoms with E-state index in [0.717, 1.165) is 19.3 Å². The molecule has 0 aromatic carbocycles. The lowest BCUT2D eigenvalue weighted by Gasteiger charge is -2.18. The number of pyridine rings is 1. The number of methoxy groups -OCH3 is 1. The fraction of sp³-hybridized carbons (Fsp3) is 0.538. The second-order valence-corrected chi connectivity index (χ2v) is 4.11. The number of nitrogens with two attached hydrogens (primary N) is 1. The third-order valence-corrected chi connectivity index (χ3v) is 2.74. The molecule has 1 heterocycles. The molecule has 18 heavy (non-hydrogen) atoms. The number of esters is 1. The van der Waals surface area contributed by atoms with Crippen LogP contribution in [0, 0.1) is 0 Å². The first kappa shape index (κ1) is 14.4. The van der Waals surface area contributed by atoms with E-state index in [2.05, 4.69) is 17.2 Å². The molecule has 5 heteroatoms. The van der Waals surface area contributed by atoms with Crippen molar-refractivity contribution in [3.63, 3.8) is 0 Å². The van der Waals surface area contributed by atoms with Gasteiger partial charge in [-0.1, -0.05) is 19.8 Å². The van der Waals surface area contributed by atoms with Crippen LogP contribution in [0.4, 0.5) is 5.82 Å². The fourth-order valence-corrected chi connectivity index (χ4v) is 1.69. The normalized spacial score (nSPS) is 11.9. The van der Waals surface area contributed by atoms with E-state index in [4.69, 9.17) is 10.5 Å². The van der Waals surface area contributed by atoms with Crippen LogP contribution in [0.5, 0.6) is 0 Å². The van der Waals surface area contributed by atoms with Crippen LogP contribution in [-0.2, 0) is 4.74 Å². The molecule has 3 N–H and O–H groups in total. The van der Waals surface area contributed by atoms with Crippen LogP contribution in [-0.4, -0.2) is 30.6 Å². The molecular weight excluding hydrogens is 230 g/mol. The highest BCUT2D eigenvalue weighted by molar-refractivity contribution is 5.94. The molecule has 0 spiro atoms. The summed E-state index contributed by atoms with van der Waals surface area (Å²) >= 11 is 0. The van der Waals surface area contributed by atoms with Crippen LogP contribution in [0.2, 0.25) is 0 Å². The van der Waals surface area contributed by atoms with Crippen molar-refractivity contribution in [2.75, 3.05) is 19.0 Å². The molecule has 1 rings (SSSR count). The SMILES string of the molecule is CCCCC(CN)Nc1ncccc1C(=O)OC. The number of nitrogens with zero attached hydrogens (tertiary/aromatic N) is 1. The van der Waals surface area contributed by atoms with E-state index in [1.54, 1.807) is 18.3 Å². The molecule has 0 aliphatic carbocycles. The van der Waals surface area contributed by atoms with Crippen molar-refractivity contribution < 1.29 is 9.53 Å². The van der Waals surface area contributed by atoms with Gasteiger partial charge >= 0.3 is 5.97 Å². The molecule has 0 amide bonds. The van der Waals surface area contributed by atoms with Gasteiger partial charge in [-0.25, -0.2) is 9.78 Å². The van der Waals surface area contributed by atoms with E-state index in [1.165, 1.54) is 7.11 Å². The Morgan fingerprint density at radius 1 is 1.61 bits per heavy atom. The Morgan fingerprint density at radius 2 is 2.39 bits per heavy atom. The Bertz CT molecular complexity index is 382. The van der Waals surface area contributed by atoms with Gasteiger partial charge in [0.25, 0.3) is 0 Å². The number of nitrogens with one attached hydrogen (secondary N) is 1. The second-order valence-electron chi connectivity index (χ2n) is 4.11. The zero-order valence-corrected chi connectivity index (χ0v) is 11.0. The van der Waals surface area contributed by atoms with Crippen LogP contribution >= 0.6 is 0 Å². The Kier molecular flexibility index (Phi) is 6.14. The summed E-state index contributed by atoms with van der Waals surface area (Å²) in [5.74, 6) is 0.146. The van der Waals surface area contributed by atoms with Gasteiger partial charge < -0.3 is 15.8 Å². The molecule has 0 bridgehead atoms. The van der Waals surface area contributed by atoms with Crippen molar-refractivity contribution in [2.45, 2.75) is 32.2 Å². The third kappa shape index (κ3) is 4.00. The van der Waals surface area contributed by atoms with Gasteiger partial charge in [0.05, 0.1) is 7.11 Å². The lowest BCUT2D eigenvalue weighted by atomic mass is 10.1. The predicted molar refractivity (Wildman–Crippen MR) is 71.6 cm³/mol. The topological polar surface area (TPSA) is 77.2 Å². The third-order valence-electron chi connectivity index (χ3n) is 2.74. The predicted octanol–water partition coefficient (Wildman–Crippen LogP) is 1.80. The first-order chi connectivity index (χ1) is 8.72. The molecular formula is C13H21N3O2. The van der Waals surface area contributed by atoms with Crippen LogP contribution in [0.3, 0.4) is 0 Å². The van der Waals surface area contributed by atoms with Crippen molar-refractivity contribution in [1.82, 2.24) is 4.98 Å². The van der Waals surface area contributed by atoms with E-state index >= 15 is 0 Å². The summed E-state index contributed by atoms with van der Waals surface area (Å²) in [6, 6.07) is 3.53. The maximum Gasteiger partial charge on any atom is 0.341 e. The summed E-state index contributed by atoms with van der Waals surface area (Å²) in [7, 11) is 1.36. The van der Waals surface area contributed by atoms with Gasteiger partial charge in [0.2, 0.25) is 0 Å². The molecule has 0 fully saturated rings. The summed E-state index contributed by atoms with van der Waals surface area (Å²) in [4.78, 5) is 15.8. The lowest BCUT2D eigenvalue weighted by molar-refractivity contribution is 0.0601. The van der Waals surface area contributed by atoms with E-state index in [-0.39, 0.29) is 6.04 Å². The molecule has 100 valence electrons. The zero-order chi connectivity index (χ0) is 13.4. The molecule has 1 atom stereocenters. The number of aromatic nitrogens is 1. The van der Waals surface area contributed by atoms with E-state index in [9.17, 15) is 4.79 Å². The number of hydrogen-bond donors (Lipinski definition) is 2. The van der Waals surface area contributed by atoms with Crippen molar-refractivity contribution in [2.24, 2.45) is 5.73 Å². The Morgan fingerprint density at radius 3 is 3.00 bits per heavy atom. The minimum absolute atomic E-state index is 0.128. The van der Waals surface area contributed by atoms with Gasteiger partial charge in [0.1, 0.15) is 11.4 Å². The van der Waals surface area contributed by atoms with Crippen LogP contribution in [0.25, 0.3) is 0 Å². The first-order valence-electron chi connectivity index (χ1n) is 6.22. The van der Waals surface area contributed by atoms with Crippen molar-refractivity contribution in [1.29, 1.82) is 0 Å². The number of ether oxygens (including phenoxy) is 1. The maximum absolute atomic E-state index is 11.6. The molecule has 0 radical (unpaired) electrons. The highest BCUT2D eigenvalue weighted by Crippen LogP contribution is 2.15. The maximum atomic E-state index is 11.6. The van der Waals surface area contributed by atoms with E-state index < -0.39 is 5.97 Å². The first-order valence-corrected chi connectivity index (χ1v) is 6.22. The average molecular weight is 251 g/mol. The molecule has 0 aliphatic heterocycles. The smallest absolute Gasteiger partial charge is 0.341 e. The monoisotopic (exact) mass is 251 g/mol. The van der Waals surface area contributed by atoms with Gasteiger partial charge in [0, 0.05) is 18.8 Å². The largest absolute Gasteiger partial charge is 0.465 e. The number of unbranched alkanes of at least 4 members (excludes halogenated alkanes) is 1. The minimum atomic E-state index is -0.392. The number of hydrogen-bond acceptors (Lipinski definition) is 5. The van der Waals surface area contributed by atoms with Gasteiger partial charge in [-0.3, -0.25) is 0 Å². The number of rotatable bonds is 7. The van der Waals surface area contributed by atoms with Gasteiger partial charge in [-0.05, 0) is 18.6 Å². The average Bonchev–Trinajstić information content (AvgIpc) is 2.43. The Labute approximate surface area is 108 Å². The van der Waals surface area contributed by atoms with Crippen LogP contribution < -0.4 is 11.1 Å². The van der Waals surface area contributed by atoms with Crippen molar-refractivity contribution >= 4 is 11.8 Å². The van der Waals surface area contributed by atoms with Gasteiger partial charge in [-0.15, -0.1) is 0 Å².